The molecule has 0 radical (unpaired) electrons. The average Bonchev–Trinajstić information content (AvgIpc) is 2.63. The fraction of sp³-hybridized carbons (Fsp3) is 0.350. The summed E-state index contributed by atoms with van der Waals surface area (Å²) < 4.78 is 17.0. The molecule has 1 heterocycles. The number of rotatable bonds is 8. The van der Waals surface area contributed by atoms with Crippen LogP contribution in [0.5, 0.6) is 11.5 Å². The SMILES string of the molecule is CCOCc1cn(CC(=O)c2ccc(OC(C)=O)c(OC(C)=O)c2)c(C)nc1=N.[Br-]. The summed E-state index contributed by atoms with van der Waals surface area (Å²) in [6, 6.07) is 4.23. The minimum atomic E-state index is -0.607. The molecule has 0 saturated carbocycles. The summed E-state index contributed by atoms with van der Waals surface area (Å²) in [5.41, 5.74) is 0.934. The van der Waals surface area contributed by atoms with Crippen LogP contribution in [0.15, 0.2) is 24.4 Å². The standard InChI is InChI=1S/C20H23N3O6.BrH/c1-5-27-11-16-9-23(12(2)22-20(16)21)10-17(26)15-6-7-18(28-13(3)24)19(8-15)29-14(4)25;/h6-9,21H,5,10-11H2,1-4H3;1H/p-1. The van der Waals surface area contributed by atoms with E-state index < -0.39 is 11.9 Å². The molecule has 1 aromatic carbocycles. The Bertz CT molecular complexity index is 1000. The van der Waals surface area contributed by atoms with Gasteiger partial charge in [0.2, 0.25) is 0 Å². The summed E-state index contributed by atoms with van der Waals surface area (Å²) in [7, 11) is 0. The number of hydrogen-bond donors (Lipinski definition) is 1. The predicted octanol–water partition coefficient (Wildman–Crippen LogP) is -1.06. The number of Topliss-reactive ketones (excluding diaryl/α,β-unsaturated/α-hetero) is 1. The molecule has 30 heavy (non-hydrogen) atoms. The van der Waals surface area contributed by atoms with Gasteiger partial charge in [0.15, 0.2) is 22.8 Å². The number of aryl methyl sites for hydroxylation is 1. The highest BCUT2D eigenvalue weighted by Crippen LogP contribution is 2.29. The minimum Gasteiger partial charge on any atom is -1.00 e. The van der Waals surface area contributed by atoms with Crippen LogP contribution in [0.3, 0.4) is 0 Å². The van der Waals surface area contributed by atoms with E-state index in [4.69, 9.17) is 19.6 Å². The largest absolute Gasteiger partial charge is 1.00 e. The highest BCUT2D eigenvalue weighted by molar-refractivity contribution is 5.96. The molecule has 0 aliphatic rings. The van der Waals surface area contributed by atoms with E-state index >= 15 is 0 Å². The van der Waals surface area contributed by atoms with Crippen molar-refractivity contribution in [1.29, 1.82) is 5.41 Å². The van der Waals surface area contributed by atoms with Crippen LogP contribution in [0.25, 0.3) is 0 Å². The van der Waals surface area contributed by atoms with Crippen LogP contribution in [0.2, 0.25) is 0 Å². The van der Waals surface area contributed by atoms with Gasteiger partial charge in [0, 0.05) is 37.8 Å². The van der Waals surface area contributed by atoms with Gasteiger partial charge in [-0.3, -0.25) is 19.8 Å². The van der Waals surface area contributed by atoms with Gasteiger partial charge in [-0.25, -0.2) is 4.98 Å². The van der Waals surface area contributed by atoms with Crippen molar-refractivity contribution >= 4 is 17.7 Å². The normalized spacial score (nSPS) is 10.1. The fourth-order valence-electron chi connectivity index (χ4n) is 2.52. The minimum absolute atomic E-state index is 0. The van der Waals surface area contributed by atoms with E-state index in [9.17, 15) is 14.4 Å². The van der Waals surface area contributed by atoms with E-state index in [1.807, 2.05) is 6.92 Å². The molecular weight excluding hydrogens is 458 g/mol. The zero-order valence-electron chi connectivity index (χ0n) is 17.2. The summed E-state index contributed by atoms with van der Waals surface area (Å²) in [5.74, 6) is -0.927. The maximum Gasteiger partial charge on any atom is 0.308 e. The highest BCUT2D eigenvalue weighted by atomic mass is 79.9. The lowest BCUT2D eigenvalue weighted by atomic mass is 10.1. The van der Waals surface area contributed by atoms with Crippen LogP contribution in [-0.2, 0) is 27.5 Å². The van der Waals surface area contributed by atoms with E-state index in [0.29, 0.717) is 18.0 Å². The first kappa shape index (κ1) is 25.2. The summed E-state index contributed by atoms with van der Waals surface area (Å²) in [5, 5.41) is 7.93. The van der Waals surface area contributed by atoms with Gasteiger partial charge in [-0.1, -0.05) is 0 Å². The summed E-state index contributed by atoms with van der Waals surface area (Å²) in [6.45, 7) is 6.67. The molecule has 1 aromatic heterocycles. The molecule has 2 rings (SSSR count). The maximum atomic E-state index is 12.8. The van der Waals surface area contributed by atoms with Gasteiger partial charge in [-0.15, -0.1) is 0 Å². The van der Waals surface area contributed by atoms with Gasteiger partial charge in [0.1, 0.15) is 5.82 Å². The quantitative estimate of drug-likeness (QED) is 0.290. The van der Waals surface area contributed by atoms with Crippen LogP contribution in [0.1, 0.15) is 42.5 Å². The molecule has 0 atom stereocenters. The van der Waals surface area contributed by atoms with Crippen LogP contribution in [0.4, 0.5) is 0 Å². The van der Waals surface area contributed by atoms with Gasteiger partial charge in [0.05, 0.1) is 13.2 Å². The number of esters is 2. The molecule has 0 spiro atoms. The second-order valence-electron chi connectivity index (χ2n) is 6.20. The molecule has 0 fully saturated rings. The number of aromatic nitrogens is 2. The summed E-state index contributed by atoms with van der Waals surface area (Å²) in [4.78, 5) is 39.5. The Morgan fingerprint density at radius 1 is 1.10 bits per heavy atom. The van der Waals surface area contributed by atoms with Gasteiger partial charge in [-0.05, 0) is 32.0 Å². The Kier molecular flexibility index (Phi) is 9.54. The third kappa shape index (κ3) is 6.89. The molecule has 0 aliphatic heterocycles. The lowest BCUT2D eigenvalue weighted by Crippen LogP contribution is -3.00. The first-order valence-corrected chi connectivity index (χ1v) is 8.94. The predicted molar refractivity (Wildman–Crippen MR) is 102 cm³/mol. The number of ether oxygens (including phenoxy) is 3. The monoisotopic (exact) mass is 480 g/mol. The Labute approximate surface area is 184 Å². The molecule has 0 aliphatic carbocycles. The number of hydrogen-bond acceptors (Lipinski definition) is 8. The number of carbonyl (C=O) groups is 3. The van der Waals surface area contributed by atoms with Crippen molar-refractivity contribution in [2.75, 3.05) is 6.61 Å². The third-order valence-corrected chi connectivity index (χ3v) is 3.85. The van der Waals surface area contributed by atoms with E-state index in [-0.39, 0.29) is 58.5 Å². The number of carbonyl (C=O) groups excluding carboxylic acids is 3. The van der Waals surface area contributed by atoms with Crippen molar-refractivity contribution < 1.29 is 45.6 Å². The first-order chi connectivity index (χ1) is 13.7. The molecule has 162 valence electrons. The van der Waals surface area contributed by atoms with Gasteiger partial charge in [-0.2, -0.15) is 0 Å². The number of benzene rings is 1. The molecule has 0 amide bonds. The van der Waals surface area contributed by atoms with Crippen LogP contribution in [0, 0.1) is 12.3 Å². The second kappa shape index (κ2) is 11.4. The van der Waals surface area contributed by atoms with E-state index in [0.717, 1.165) is 0 Å². The van der Waals surface area contributed by atoms with Crippen molar-refractivity contribution in [1.82, 2.24) is 9.55 Å². The number of halogens is 1. The molecule has 10 heteroatoms. The topological polar surface area (TPSA) is 121 Å². The van der Waals surface area contributed by atoms with Crippen molar-refractivity contribution in [2.45, 2.75) is 40.8 Å². The van der Waals surface area contributed by atoms with Crippen molar-refractivity contribution in [3.05, 3.63) is 46.8 Å². The molecule has 0 bridgehead atoms. The Hall–Kier alpha value is -2.85. The number of nitrogens with one attached hydrogen (secondary N) is 1. The lowest BCUT2D eigenvalue weighted by molar-refractivity contribution is -0.134. The fourth-order valence-corrected chi connectivity index (χ4v) is 2.52. The molecule has 0 unspecified atom stereocenters. The highest BCUT2D eigenvalue weighted by Gasteiger charge is 2.16. The average molecular weight is 481 g/mol. The van der Waals surface area contributed by atoms with Crippen LogP contribution in [-0.4, -0.2) is 33.9 Å². The van der Waals surface area contributed by atoms with Crippen LogP contribution >= 0.6 is 0 Å². The molecule has 1 N–H and O–H groups in total. The van der Waals surface area contributed by atoms with Gasteiger partial charge in [0.25, 0.3) is 0 Å². The number of nitrogens with zero attached hydrogens (tertiary/aromatic N) is 2. The Morgan fingerprint density at radius 3 is 2.33 bits per heavy atom. The smallest absolute Gasteiger partial charge is 0.308 e. The zero-order valence-corrected chi connectivity index (χ0v) is 18.7. The molecule has 0 saturated heterocycles. The first-order valence-electron chi connectivity index (χ1n) is 8.94. The molecule has 2 aromatic rings. The van der Waals surface area contributed by atoms with Crippen molar-refractivity contribution in [3.63, 3.8) is 0 Å². The summed E-state index contributed by atoms with van der Waals surface area (Å²) in [6.07, 6.45) is 1.67. The van der Waals surface area contributed by atoms with Gasteiger partial charge < -0.3 is 35.8 Å². The van der Waals surface area contributed by atoms with E-state index in [1.54, 1.807) is 17.7 Å². The molecular formula is C20H23BrN3O6-. The third-order valence-electron chi connectivity index (χ3n) is 3.85. The second-order valence-corrected chi connectivity index (χ2v) is 6.20. The maximum absolute atomic E-state index is 12.8. The Morgan fingerprint density at radius 2 is 1.73 bits per heavy atom. The molecule has 9 nitrogen and oxygen atoms in total. The zero-order chi connectivity index (χ0) is 21.6. The van der Waals surface area contributed by atoms with Crippen LogP contribution < -0.4 is 31.9 Å². The van der Waals surface area contributed by atoms with Gasteiger partial charge >= 0.3 is 11.9 Å². The van der Waals surface area contributed by atoms with Crippen molar-refractivity contribution in [2.24, 2.45) is 0 Å². The van der Waals surface area contributed by atoms with Crippen molar-refractivity contribution in [3.8, 4) is 11.5 Å². The Balaban J connectivity index is 0.00000450. The number of ketones is 1. The summed E-state index contributed by atoms with van der Waals surface area (Å²) >= 11 is 0. The lowest BCUT2D eigenvalue weighted by Gasteiger charge is -2.13. The van der Waals surface area contributed by atoms with E-state index in [2.05, 4.69) is 4.98 Å². The van der Waals surface area contributed by atoms with E-state index in [1.165, 1.54) is 32.0 Å².